The fraction of sp³-hybridized carbons (Fsp3) is 0.0444. The summed E-state index contributed by atoms with van der Waals surface area (Å²) in [5.41, 5.74) is 28.2. The summed E-state index contributed by atoms with van der Waals surface area (Å²) >= 11 is 0. The van der Waals surface area contributed by atoms with Gasteiger partial charge in [0.2, 0.25) is 0 Å². The number of anilines is 10. The number of nitrogens with zero attached hydrogens (tertiary/aromatic N) is 4. The van der Waals surface area contributed by atoms with Gasteiger partial charge in [-0.15, -0.1) is 0 Å². The Labute approximate surface area is 553 Å². The Kier molecular flexibility index (Phi) is 16.9. The Hall–Kier alpha value is -12.0. The van der Waals surface area contributed by atoms with Crippen molar-refractivity contribution < 1.29 is 0 Å². The Bertz CT molecular complexity index is 4780. The zero-order valence-corrected chi connectivity index (χ0v) is 52.4. The van der Waals surface area contributed by atoms with Gasteiger partial charge >= 0.3 is 0 Å². The number of allylic oxidation sites excluding steroid dienone is 8. The molecule has 94 heavy (non-hydrogen) atoms. The van der Waals surface area contributed by atoms with Gasteiger partial charge in [-0.3, -0.25) is 0 Å². The number of benzene rings is 13. The van der Waals surface area contributed by atoms with Crippen LogP contribution in [0.4, 0.5) is 56.9 Å². The first-order valence-corrected chi connectivity index (χ1v) is 32.6. The first kappa shape index (κ1) is 58.4. The molecule has 2 aliphatic carbocycles. The van der Waals surface area contributed by atoms with E-state index in [2.05, 4.69) is 396 Å². The average Bonchev–Trinajstić information content (AvgIpc) is 0.952. The van der Waals surface area contributed by atoms with Crippen LogP contribution in [0.3, 0.4) is 0 Å². The smallest absolute Gasteiger partial charge is 0.0462 e. The van der Waals surface area contributed by atoms with Crippen LogP contribution >= 0.6 is 0 Å². The summed E-state index contributed by atoms with van der Waals surface area (Å²) in [4.78, 5) is 9.47. The monoisotopic (exact) mass is 1210 g/mol. The number of rotatable bonds is 18. The van der Waals surface area contributed by atoms with Gasteiger partial charge in [0.15, 0.2) is 0 Å². The highest BCUT2D eigenvalue weighted by Gasteiger charge is 2.21. The molecule has 0 spiro atoms. The van der Waals surface area contributed by atoms with E-state index in [-0.39, 0.29) is 0 Å². The maximum absolute atomic E-state index is 2.42. The number of hydrogen-bond donors (Lipinski definition) is 0. The van der Waals surface area contributed by atoms with Crippen molar-refractivity contribution in [2.45, 2.75) is 25.7 Å². The van der Waals surface area contributed by atoms with Crippen molar-refractivity contribution in [2.24, 2.45) is 0 Å². The lowest BCUT2D eigenvalue weighted by atomic mass is 9.95. The molecule has 0 aliphatic heterocycles. The van der Waals surface area contributed by atoms with Gasteiger partial charge in [-0.1, -0.05) is 243 Å². The second-order valence-electron chi connectivity index (χ2n) is 24.0. The predicted molar refractivity (Wildman–Crippen MR) is 398 cm³/mol. The van der Waals surface area contributed by atoms with Crippen LogP contribution in [0.1, 0.15) is 31.2 Å². The summed E-state index contributed by atoms with van der Waals surface area (Å²) in [6, 6.07) is 125. The highest BCUT2D eigenvalue weighted by atomic mass is 15.2. The van der Waals surface area contributed by atoms with E-state index in [9.17, 15) is 0 Å². The van der Waals surface area contributed by atoms with Crippen molar-refractivity contribution in [3.8, 4) is 55.6 Å². The molecule has 0 saturated heterocycles. The molecule has 13 aromatic carbocycles. The van der Waals surface area contributed by atoms with Crippen LogP contribution in [-0.4, -0.2) is 0 Å². The van der Waals surface area contributed by atoms with E-state index in [1.54, 1.807) is 0 Å². The Morgan fingerprint density at radius 3 is 0.681 bits per heavy atom. The van der Waals surface area contributed by atoms with Crippen LogP contribution in [0, 0.1) is 0 Å². The summed E-state index contributed by atoms with van der Waals surface area (Å²) in [6.45, 7) is 0. The molecule has 0 saturated carbocycles. The molecule has 0 atom stereocenters. The van der Waals surface area contributed by atoms with E-state index < -0.39 is 0 Å². The van der Waals surface area contributed by atoms with Gasteiger partial charge in [-0.25, -0.2) is 0 Å². The lowest BCUT2D eigenvalue weighted by molar-refractivity contribution is 0.918. The lowest BCUT2D eigenvalue weighted by Gasteiger charge is -2.30. The molecule has 0 bridgehead atoms. The van der Waals surface area contributed by atoms with Gasteiger partial charge in [0, 0.05) is 68.3 Å². The van der Waals surface area contributed by atoms with Crippen LogP contribution in [0.25, 0.3) is 61.2 Å². The number of hydrogen-bond acceptors (Lipinski definition) is 4. The van der Waals surface area contributed by atoms with Gasteiger partial charge in [0.1, 0.15) is 0 Å². The molecule has 0 N–H and O–H groups in total. The zero-order valence-electron chi connectivity index (χ0n) is 52.4. The molecule has 0 amide bonds. The Morgan fingerprint density at radius 1 is 0.170 bits per heavy atom. The second kappa shape index (κ2) is 27.2. The molecule has 0 unspecified atom stereocenters. The standard InChI is InChI=1S/C90H70N4/c1-7-19-67(20-8-1)71-35-51-83(52-36-71)91(79-23-11-3-12-24-79)87-59-43-75(44-60-87)77-47-63-89(64-48-77)93(81-27-15-5-16-28-81)85-55-39-73(40-56-85)69-31-33-70(34-32-69)74-41-57-86(58-42-74)94(82-29-17-6-18-30-82)90-65-49-78(50-66-90)76-45-61-88(62-46-76)92(80-25-13-4-14-26-80)84-53-37-72(38-54-84)68-21-9-2-10-22-68/h1-17,19-29,31-37,39-53,55-66H,18,30,38,54H2. The first-order valence-electron chi connectivity index (χ1n) is 32.6. The van der Waals surface area contributed by atoms with Crippen LogP contribution in [0.5, 0.6) is 0 Å². The van der Waals surface area contributed by atoms with Gasteiger partial charge < -0.3 is 19.6 Å². The summed E-state index contributed by atoms with van der Waals surface area (Å²) in [5, 5.41) is 0. The topological polar surface area (TPSA) is 13.0 Å². The van der Waals surface area contributed by atoms with Crippen molar-refractivity contribution in [3.63, 3.8) is 0 Å². The summed E-state index contributed by atoms with van der Waals surface area (Å²) < 4.78 is 0. The molecule has 0 heterocycles. The molecule has 450 valence electrons. The summed E-state index contributed by atoms with van der Waals surface area (Å²) in [6.07, 6.45) is 15.3. The molecule has 15 rings (SSSR count). The third kappa shape index (κ3) is 12.7. The number of para-hydroxylation sites is 3. The maximum atomic E-state index is 2.42. The normalized spacial score (nSPS) is 12.7. The fourth-order valence-corrected chi connectivity index (χ4v) is 13.2. The van der Waals surface area contributed by atoms with Crippen molar-refractivity contribution >= 4 is 62.4 Å². The molecule has 4 nitrogen and oxygen atoms in total. The summed E-state index contributed by atoms with van der Waals surface area (Å²) in [7, 11) is 0. The quantitative estimate of drug-likeness (QED) is 0.0849. The van der Waals surface area contributed by atoms with Crippen LogP contribution < -0.4 is 19.6 Å². The van der Waals surface area contributed by atoms with Crippen molar-refractivity contribution in [2.75, 3.05) is 19.6 Å². The second-order valence-corrected chi connectivity index (χ2v) is 24.0. The molecule has 13 aromatic rings. The summed E-state index contributed by atoms with van der Waals surface area (Å²) in [5.74, 6) is 0. The van der Waals surface area contributed by atoms with E-state index in [0.717, 1.165) is 88.0 Å². The molecule has 0 radical (unpaired) electrons. The van der Waals surface area contributed by atoms with Crippen LogP contribution in [0.2, 0.25) is 0 Å². The molecule has 2 aliphatic rings. The van der Waals surface area contributed by atoms with Crippen molar-refractivity contribution in [3.05, 3.63) is 393 Å². The van der Waals surface area contributed by atoms with E-state index >= 15 is 0 Å². The molecular formula is C90H70N4. The maximum Gasteiger partial charge on any atom is 0.0462 e. The van der Waals surface area contributed by atoms with Gasteiger partial charge in [-0.2, -0.15) is 0 Å². The molecule has 4 heteroatoms. The largest absolute Gasteiger partial charge is 0.314 e. The van der Waals surface area contributed by atoms with Gasteiger partial charge in [-0.05, 0) is 226 Å². The zero-order chi connectivity index (χ0) is 62.8. The SMILES string of the molecule is C1=CCCC(N(c2ccc(-c3ccc(-c4ccc(N(c5ccccc5)c5ccc(-c6ccc(N(c7ccccc7)c7ccc(-c8ccccc8)cc7)cc6)cc5)cc4)cc3)cc2)c2ccc(-c3ccc(N(C4=CC=C(c5ccccc5)CC4)c4ccccc4)cc3)cc2)=C1. The minimum atomic E-state index is 0.963. The Balaban J connectivity index is 0.626. The first-order chi connectivity index (χ1) is 46.6. The fourth-order valence-electron chi connectivity index (χ4n) is 13.2. The third-order valence-corrected chi connectivity index (χ3v) is 18.1. The van der Waals surface area contributed by atoms with Crippen LogP contribution in [-0.2, 0) is 0 Å². The van der Waals surface area contributed by atoms with Gasteiger partial charge in [0.05, 0.1) is 0 Å². The van der Waals surface area contributed by atoms with E-state index in [0.29, 0.717) is 0 Å². The van der Waals surface area contributed by atoms with Crippen molar-refractivity contribution in [1.82, 2.24) is 0 Å². The van der Waals surface area contributed by atoms with E-state index in [1.807, 2.05) is 0 Å². The average molecular weight is 1210 g/mol. The third-order valence-electron chi connectivity index (χ3n) is 18.1. The van der Waals surface area contributed by atoms with Crippen LogP contribution in [0.15, 0.2) is 388 Å². The molecule has 0 fully saturated rings. The van der Waals surface area contributed by atoms with E-state index in [4.69, 9.17) is 0 Å². The minimum absolute atomic E-state index is 0.963. The highest BCUT2D eigenvalue weighted by molar-refractivity contribution is 5.84. The predicted octanol–water partition coefficient (Wildman–Crippen LogP) is 25.2. The van der Waals surface area contributed by atoms with Crippen molar-refractivity contribution in [1.29, 1.82) is 0 Å². The van der Waals surface area contributed by atoms with Gasteiger partial charge in [0.25, 0.3) is 0 Å². The molecule has 0 aromatic heterocycles. The Morgan fingerprint density at radius 2 is 0.404 bits per heavy atom. The highest BCUT2D eigenvalue weighted by Crippen LogP contribution is 2.43. The van der Waals surface area contributed by atoms with E-state index in [1.165, 1.54) is 72.7 Å². The molecular weight excluding hydrogens is 1140 g/mol. The minimum Gasteiger partial charge on any atom is -0.314 e. The lowest BCUT2D eigenvalue weighted by Crippen LogP contribution is -2.17.